The molecule has 2 aromatic rings. The predicted octanol–water partition coefficient (Wildman–Crippen LogP) is 4.17. The van der Waals surface area contributed by atoms with Gasteiger partial charge in [-0.25, -0.2) is 12.8 Å². The molecule has 0 aliphatic rings. The lowest BCUT2D eigenvalue weighted by Gasteiger charge is -2.31. The zero-order valence-electron chi connectivity index (χ0n) is 17.8. The average molecular weight is 421 g/mol. The second-order valence-electron chi connectivity index (χ2n) is 7.46. The van der Waals surface area contributed by atoms with Gasteiger partial charge in [0.15, 0.2) is 0 Å². The third kappa shape index (κ3) is 5.15. The van der Waals surface area contributed by atoms with Crippen LogP contribution >= 0.6 is 0 Å². The number of hydrogen-bond donors (Lipinski definition) is 1. The van der Waals surface area contributed by atoms with Gasteiger partial charge in [-0.1, -0.05) is 31.2 Å². The maximum atomic E-state index is 14.4. The van der Waals surface area contributed by atoms with Crippen molar-refractivity contribution in [3.05, 3.63) is 64.5 Å². The fraction of sp³-hybridized carbons (Fsp3) is 0.409. The standard InChI is InChI=1S/C22H29FN2O3S/c1-7-20(25(29(6,27)28)21-11-9-8-10-19(21)23)22(26)24-17(5)18-13-15(3)14(2)12-16(18)4/h8-13,17,20H,7H2,1-6H3,(H,24,26)/t17-,20-/m0/s1. The fourth-order valence-corrected chi connectivity index (χ4v) is 4.71. The first-order chi connectivity index (χ1) is 13.5. The molecule has 2 aromatic carbocycles. The molecule has 0 bridgehead atoms. The number of aryl methyl sites for hydroxylation is 3. The highest BCUT2D eigenvalue weighted by atomic mass is 32.2. The number of hydrogen-bond acceptors (Lipinski definition) is 3. The molecule has 7 heteroatoms. The summed E-state index contributed by atoms with van der Waals surface area (Å²) in [5.74, 6) is -1.16. The second kappa shape index (κ2) is 8.95. The topological polar surface area (TPSA) is 66.5 Å². The molecule has 1 amide bonds. The number of halogens is 1. The lowest BCUT2D eigenvalue weighted by molar-refractivity contribution is -0.122. The van der Waals surface area contributed by atoms with E-state index in [-0.39, 0.29) is 18.2 Å². The number of carbonyl (C=O) groups excluding carboxylic acids is 1. The molecule has 0 radical (unpaired) electrons. The van der Waals surface area contributed by atoms with Crippen molar-refractivity contribution in [2.75, 3.05) is 10.6 Å². The van der Waals surface area contributed by atoms with Gasteiger partial charge in [0, 0.05) is 0 Å². The van der Waals surface area contributed by atoms with Crippen molar-refractivity contribution in [2.45, 2.75) is 53.1 Å². The Morgan fingerprint density at radius 2 is 1.69 bits per heavy atom. The van der Waals surface area contributed by atoms with Gasteiger partial charge in [-0.05, 0) is 68.5 Å². The van der Waals surface area contributed by atoms with Crippen LogP contribution in [0.2, 0.25) is 0 Å². The van der Waals surface area contributed by atoms with E-state index in [1.165, 1.54) is 23.8 Å². The Labute approximate surface area is 173 Å². The maximum absolute atomic E-state index is 14.4. The van der Waals surface area contributed by atoms with Crippen LogP contribution in [0.5, 0.6) is 0 Å². The highest BCUT2D eigenvalue weighted by Crippen LogP contribution is 2.27. The molecule has 0 saturated heterocycles. The number of amides is 1. The first-order valence-corrected chi connectivity index (χ1v) is 11.4. The molecule has 0 unspecified atom stereocenters. The minimum atomic E-state index is -3.89. The van der Waals surface area contributed by atoms with E-state index in [4.69, 9.17) is 0 Å². The largest absolute Gasteiger partial charge is 0.348 e. The van der Waals surface area contributed by atoms with Crippen LogP contribution in [0.4, 0.5) is 10.1 Å². The first kappa shape index (κ1) is 22.9. The van der Waals surface area contributed by atoms with Crippen LogP contribution in [0, 0.1) is 26.6 Å². The molecule has 2 atom stereocenters. The number of anilines is 1. The Kier molecular flexibility index (Phi) is 7.06. The highest BCUT2D eigenvalue weighted by Gasteiger charge is 2.33. The van der Waals surface area contributed by atoms with Crippen LogP contribution in [-0.4, -0.2) is 26.6 Å². The summed E-state index contributed by atoms with van der Waals surface area (Å²) in [5, 5.41) is 2.91. The van der Waals surface area contributed by atoms with E-state index < -0.39 is 27.8 Å². The lowest BCUT2D eigenvalue weighted by Crippen LogP contribution is -2.50. The van der Waals surface area contributed by atoms with Crippen molar-refractivity contribution < 1.29 is 17.6 Å². The van der Waals surface area contributed by atoms with Crippen molar-refractivity contribution in [1.29, 1.82) is 0 Å². The van der Waals surface area contributed by atoms with Gasteiger partial charge >= 0.3 is 0 Å². The summed E-state index contributed by atoms with van der Waals surface area (Å²) in [4.78, 5) is 13.1. The van der Waals surface area contributed by atoms with E-state index >= 15 is 0 Å². The number of rotatable bonds is 7. The van der Waals surface area contributed by atoms with Crippen LogP contribution in [0.25, 0.3) is 0 Å². The number of sulfonamides is 1. The monoisotopic (exact) mass is 420 g/mol. The second-order valence-corrected chi connectivity index (χ2v) is 9.32. The number of nitrogens with one attached hydrogen (secondary N) is 1. The summed E-state index contributed by atoms with van der Waals surface area (Å²) < 4.78 is 40.1. The van der Waals surface area contributed by atoms with Crippen LogP contribution < -0.4 is 9.62 Å². The van der Waals surface area contributed by atoms with Crippen molar-refractivity contribution in [1.82, 2.24) is 5.32 Å². The minimum absolute atomic E-state index is 0.132. The van der Waals surface area contributed by atoms with Crippen LogP contribution in [0.15, 0.2) is 36.4 Å². The van der Waals surface area contributed by atoms with Crippen molar-refractivity contribution in [3.63, 3.8) is 0 Å². The summed E-state index contributed by atoms with van der Waals surface area (Å²) in [6.45, 7) is 9.57. The van der Waals surface area contributed by atoms with Crippen LogP contribution in [-0.2, 0) is 14.8 Å². The zero-order chi connectivity index (χ0) is 21.9. The SMILES string of the molecule is CC[C@@H](C(=O)N[C@@H](C)c1cc(C)c(C)cc1C)N(c1ccccc1F)S(C)(=O)=O. The Hall–Kier alpha value is -2.41. The molecule has 0 aliphatic heterocycles. The molecule has 1 N–H and O–H groups in total. The summed E-state index contributed by atoms with van der Waals surface area (Å²) in [5.41, 5.74) is 4.16. The molecule has 5 nitrogen and oxygen atoms in total. The van der Waals surface area contributed by atoms with E-state index in [1.807, 2.05) is 33.8 Å². The zero-order valence-corrected chi connectivity index (χ0v) is 18.6. The Balaban J connectivity index is 2.38. The third-order valence-electron chi connectivity index (χ3n) is 5.13. The van der Waals surface area contributed by atoms with Gasteiger partial charge in [0.2, 0.25) is 15.9 Å². The van der Waals surface area contributed by atoms with Gasteiger partial charge in [-0.3, -0.25) is 9.10 Å². The number of nitrogens with zero attached hydrogens (tertiary/aromatic N) is 1. The summed E-state index contributed by atoms with van der Waals surface area (Å²) in [7, 11) is -3.89. The molecule has 0 aliphatic carbocycles. The van der Waals surface area contributed by atoms with Gasteiger partial charge in [0.25, 0.3) is 0 Å². The molecular formula is C22H29FN2O3S. The molecule has 158 valence electrons. The van der Waals surface area contributed by atoms with E-state index in [1.54, 1.807) is 13.0 Å². The van der Waals surface area contributed by atoms with Crippen molar-refractivity contribution >= 4 is 21.6 Å². The lowest BCUT2D eigenvalue weighted by atomic mass is 9.96. The van der Waals surface area contributed by atoms with E-state index in [9.17, 15) is 17.6 Å². The van der Waals surface area contributed by atoms with Crippen LogP contribution in [0.3, 0.4) is 0 Å². The van der Waals surface area contributed by atoms with Gasteiger partial charge < -0.3 is 5.32 Å². The molecular weight excluding hydrogens is 391 g/mol. The van der Waals surface area contributed by atoms with Gasteiger partial charge in [-0.15, -0.1) is 0 Å². The van der Waals surface area contributed by atoms with Crippen LogP contribution in [0.1, 0.15) is 48.6 Å². The van der Waals surface area contributed by atoms with Crippen molar-refractivity contribution in [3.8, 4) is 0 Å². The first-order valence-electron chi connectivity index (χ1n) is 9.59. The van der Waals surface area contributed by atoms with Gasteiger partial charge in [0.1, 0.15) is 11.9 Å². The van der Waals surface area contributed by atoms with E-state index in [0.717, 1.165) is 27.3 Å². The van der Waals surface area contributed by atoms with Gasteiger partial charge in [-0.2, -0.15) is 0 Å². The Bertz CT molecular complexity index is 1010. The molecule has 0 aromatic heterocycles. The molecule has 2 rings (SSSR count). The normalized spacial score (nSPS) is 13.6. The predicted molar refractivity (Wildman–Crippen MR) is 115 cm³/mol. The number of carbonyl (C=O) groups is 1. The maximum Gasteiger partial charge on any atom is 0.244 e. The summed E-state index contributed by atoms with van der Waals surface area (Å²) in [6.07, 6.45) is 1.18. The molecule has 0 spiro atoms. The van der Waals surface area contributed by atoms with Crippen molar-refractivity contribution in [2.24, 2.45) is 0 Å². The number of para-hydroxylation sites is 1. The minimum Gasteiger partial charge on any atom is -0.348 e. The molecule has 0 heterocycles. The number of benzene rings is 2. The summed E-state index contributed by atoms with van der Waals surface area (Å²) in [6, 6.07) is 8.28. The molecule has 0 saturated carbocycles. The molecule has 0 fully saturated rings. The fourth-order valence-electron chi connectivity index (χ4n) is 3.50. The Morgan fingerprint density at radius 3 is 2.24 bits per heavy atom. The van der Waals surface area contributed by atoms with E-state index in [2.05, 4.69) is 11.4 Å². The quantitative estimate of drug-likeness (QED) is 0.731. The van der Waals surface area contributed by atoms with E-state index in [0.29, 0.717) is 0 Å². The average Bonchev–Trinajstić information content (AvgIpc) is 2.62. The third-order valence-corrected chi connectivity index (χ3v) is 6.29. The highest BCUT2D eigenvalue weighted by molar-refractivity contribution is 7.92. The van der Waals surface area contributed by atoms with Gasteiger partial charge in [0.05, 0.1) is 18.0 Å². The smallest absolute Gasteiger partial charge is 0.244 e. The summed E-state index contributed by atoms with van der Waals surface area (Å²) >= 11 is 0. The molecule has 29 heavy (non-hydrogen) atoms. The Morgan fingerprint density at radius 1 is 1.10 bits per heavy atom.